The summed E-state index contributed by atoms with van der Waals surface area (Å²) in [5.74, 6) is -0.620. The molecule has 0 bridgehead atoms. The number of ether oxygens (including phenoxy) is 1. The average molecular weight is 369 g/mol. The molecule has 0 spiro atoms. The molecule has 0 saturated carbocycles. The SMILES string of the molecule is CC1=C(C(=O)OCC(=O)c2ccccc2)N2C(=O)[C@@H](N)[C@@H]2SC1.Cl. The van der Waals surface area contributed by atoms with E-state index in [1.54, 1.807) is 37.3 Å². The van der Waals surface area contributed by atoms with Gasteiger partial charge in [0.15, 0.2) is 12.4 Å². The van der Waals surface area contributed by atoms with Gasteiger partial charge in [-0.2, -0.15) is 0 Å². The Morgan fingerprint density at radius 3 is 2.67 bits per heavy atom. The Labute approximate surface area is 149 Å². The molecule has 1 aromatic carbocycles. The molecule has 2 N–H and O–H groups in total. The number of nitrogens with zero attached hydrogens (tertiary/aromatic N) is 1. The minimum absolute atomic E-state index is 0. The fourth-order valence-corrected chi connectivity index (χ4v) is 3.81. The molecule has 0 unspecified atom stereocenters. The molecular formula is C16H17ClN2O4S. The summed E-state index contributed by atoms with van der Waals surface area (Å²) >= 11 is 1.52. The van der Waals surface area contributed by atoms with E-state index in [1.807, 2.05) is 0 Å². The fourth-order valence-electron chi connectivity index (χ4n) is 2.57. The number of Topliss-reactive ketones (excluding diaryl/α,β-unsaturated/α-hetero) is 1. The van der Waals surface area contributed by atoms with Crippen molar-refractivity contribution in [1.29, 1.82) is 0 Å². The number of esters is 1. The molecule has 2 atom stereocenters. The largest absolute Gasteiger partial charge is 0.453 e. The number of halogens is 1. The van der Waals surface area contributed by atoms with Crippen molar-refractivity contribution in [2.75, 3.05) is 12.4 Å². The molecule has 2 aliphatic rings. The highest BCUT2D eigenvalue weighted by Gasteiger charge is 2.51. The Kier molecular flexibility index (Phi) is 5.69. The van der Waals surface area contributed by atoms with Crippen LogP contribution in [-0.4, -0.2) is 46.3 Å². The standard InChI is InChI=1S/C16H16N2O4S.ClH/c1-9-8-23-15-12(17)14(20)18(15)13(9)16(21)22-7-11(19)10-5-3-2-4-6-10;/h2-6,12,15H,7-8,17H2,1H3;1H/t12-,15+;/m1./s1. The molecule has 1 amide bonds. The summed E-state index contributed by atoms with van der Waals surface area (Å²) < 4.78 is 5.11. The van der Waals surface area contributed by atoms with Gasteiger partial charge in [-0.05, 0) is 12.5 Å². The van der Waals surface area contributed by atoms with Gasteiger partial charge >= 0.3 is 5.97 Å². The molecule has 0 aliphatic carbocycles. The van der Waals surface area contributed by atoms with Crippen LogP contribution in [0.2, 0.25) is 0 Å². The van der Waals surface area contributed by atoms with Gasteiger partial charge in [0.05, 0.1) is 0 Å². The molecule has 1 aromatic rings. The zero-order valence-electron chi connectivity index (χ0n) is 12.9. The van der Waals surface area contributed by atoms with Crippen molar-refractivity contribution < 1.29 is 19.1 Å². The fraction of sp³-hybridized carbons (Fsp3) is 0.312. The van der Waals surface area contributed by atoms with E-state index >= 15 is 0 Å². The second-order valence-corrected chi connectivity index (χ2v) is 6.53. The molecule has 1 saturated heterocycles. The summed E-state index contributed by atoms with van der Waals surface area (Å²) in [5.41, 5.74) is 7.20. The van der Waals surface area contributed by atoms with E-state index in [1.165, 1.54) is 16.7 Å². The Morgan fingerprint density at radius 2 is 2.00 bits per heavy atom. The number of amides is 1. The van der Waals surface area contributed by atoms with Gasteiger partial charge in [-0.1, -0.05) is 30.3 Å². The average Bonchev–Trinajstić information content (AvgIpc) is 2.59. The molecule has 0 aromatic heterocycles. The quantitative estimate of drug-likeness (QED) is 0.490. The van der Waals surface area contributed by atoms with Gasteiger partial charge in [0.25, 0.3) is 0 Å². The lowest BCUT2D eigenvalue weighted by Crippen LogP contribution is -2.68. The van der Waals surface area contributed by atoms with Gasteiger partial charge < -0.3 is 10.5 Å². The Balaban J connectivity index is 0.00000208. The first kappa shape index (κ1) is 18.5. The van der Waals surface area contributed by atoms with E-state index in [4.69, 9.17) is 10.5 Å². The van der Waals surface area contributed by atoms with Crippen LogP contribution in [0.15, 0.2) is 41.6 Å². The molecule has 128 valence electrons. The number of benzene rings is 1. The first-order chi connectivity index (χ1) is 11.0. The van der Waals surface area contributed by atoms with Crippen molar-refractivity contribution in [3.63, 3.8) is 0 Å². The Morgan fingerprint density at radius 1 is 1.33 bits per heavy atom. The van der Waals surface area contributed by atoms with E-state index in [9.17, 15) is 14.4 Å². The van der Waals surface area contributed by atoms with Gasteiger partial charge in [-0.3, -0.25) is 14.5 Å². The molecule has 8 heteroatoms. The van der Waals surface area contributed by atoms with Crippen molar-refractivity contribution >= 4 is 41.8 Å². The highest BCUT2D eigenvalue weighted by atomic mass is 35.5. The third kappa shape index (κ3) is 3.19. The Hall–Kier alpha value is -1.83. The summed E-state index contributed by atoms with van der Waals surface area (Å²) in [6.45, 7) is 1.42. The number of thioether (sulfide) groups is 1. The van der Waals surface area contributed by atoms with Crippen LogP contribution in [0.5, 0.6) is 0 Å². The number of fused-ring (bicyclic) bond motifs is 1. The number of carbonyl (C=O) groups excluding carboxylic acids is 3. The predicted octanol–water partition coefficient (Wildman–Crippen LogP) is 1.35. The maximum absolute atomic E-state index is 12.3. The van der Waals surface area contributed by atoms with Crippen LogP contribution in [0.25, 0.3) is 0 Å². The molecule has 6 nitrogen and oxygen atoms in total. The summed E-state index contributed by atoms with van der Waals surface area (Å²) in [5, 5.41) is -0.224. The topological polar surface area (TPSA) is 89.7 Å². The third-order valence-corrected chi connectivity index (χ3v) is 5.27. The highest BCUT2D eigenvalue weighted by molar-refractivity contribution is 8.00. The normalized spacial score (nSPS) is 22.2. The van der Waals surface area contributed by atoms with E-state index < -0.39 is 12.0 Å². The lowest BCUT2D eigenvalue weighted by Gasteiger charge is -2.48. The lowest BCUT2D eigenvalue weighted by atomic mass is 10.0. The summed E-state index contributed by atoms with van der Waals surface area (Å²) in [7, 11) is 0. The first-order valence-electron chi connectivity index (χ1n) is 7.16. The zero-order valence-corrected chi connectivity index (χ0v) is 14.6. The highest BCUT2D eigenvalue weighted by Crippen LogP contribution is 2.39. The van der Waals surface area contributed by atoms with Crippen LogP contribution < -0.4 is 5.73 Å². The number of carbonyl (C=O) groups is 3. The summed E-state index contributed by atoms with van der Waals surface area (Å²) in [6.07, 6.45) is 0. The van der Waals surface area contributed by atoms with Crippen LogP contribution in [0.4, 0.5) is 0 Å². The van der Waals surface area contributed by atoms with Crippen LogP contribution in [0, 0.1) is 0 Å². The van der Waals surface area contributed by atoms with Crippen molar-refractivity contribution in [1.82, 2.24) is 4.90 Å². The van der Waals surface area contributed by atoms with E-state index in [2.05, 4.69) is 0 Å². The van der Waals surface area contributed by atoms with Gasteiger partial charge in [0.2, 0.25) is 5.91 Å². The zero-order chi connectivity index (χ0) is 16.6. The molecular weight excluding hydrogens is 352 g/mol. The number of hydrogen-bond donors (Lipinski definition) is 1. The maximum Gasteiger partial charge on any atom is 0.355 e. The third-order valence-electron chi connectivity index (χ3n) is 3.82. The maximum atomic E-state index is 12.3. The number of rotatable bonds is 4. The molecule has 2 heterocycles. The van der Waals surface area contributed by atoms with E-state index in [0.717, 1.165) is 5.57 Å². The minimum Gasteiger partial charge on any atom is -0.453 e. The molecule has 1 fully saturated rings. The smallest absolute Gasteiger partial charge is 0.355 e. The number of nitrogens with two attached hydrogens (primary N) is 1. The van der Waals surface area contributed by atoms with Gasteiger partial charge in [-0.15, -0.1) is 24.2 Å². The summed E-state index contributed by atoms with van der Waals surface area (Å²) in [4.78, 5) is 37.6. The van der Waals surface area contributed by atoms with Crippen LogP contribution in [-0.2, 0) is 14.3 Å². The van der Waals surface area contributed by atoms with E-state index in [-0.39, 0.29) is 41.8 Å². The minimum atomic E-state index is -0.655. The van der Waals surface area contributed by atoms with Crippen molar-refractivity contribution in [2.24, 2.45) is 5.73 Å². The molecule has 2 aliphatic heterocycles. The lowest BCUT2D eigenvalue weighted by molar-refractivity contribution is -0.150. The number of hydrogen-bond acceptors (Lipinski definition) is 6. The molecule has 3 rings (SSSR count). The predicted molar refractivity (Wildman–Crippen MR) is 92.7 cm³/mol. The van der Waals surface area contributed by atoms with Crippen molar-refractivity contribution in [3.8, 4) is 0 Å². The van der Waals surface area contributed by atoms with Crippen molar-refractivity contribution in [2.45, 2.75) is 18.3 Å². The Bertz CT molecular complexity index is 707. The summed E-state index contributed by atoms with van der Waals surface area (Å²) in [6, 6.07) is 8.02. The monoisotopic (exact) mass is 368 g/mol. The van der Waals surface area contributed by atoms with Gasteiger partial charge in [0, 0.05) is 11.3 Å². The van der Waals surface area contributed by atoms with Crippen LogP contribution >= 0.6 is 24.2 Å². The number of β-lactam (4-membered cyclic amide) rings is 1. The second-order valence-electron chi connectivity index (χ2n) is 5.43. The van der Waals surface area contributed by atoms with E-state index in [0.29, 0.717) is 11.3 Å². The molecule has 0 radical (unpaired) electrons. The molecule has 24 heavy (non-hydrogen) atoms. The second kappa shape index (κ2) is 7.38. The van der Waals surface area contributed by atoms with Crippen LogP contribution in [0.1, 0.15) is 17.3 Å². The van der Waals surface area contributed by atoms with Crippen LogP contribution in [0.3, 0.4) is 0 Å². The number of ketones is 1. The first-order valence-corrected chi connectivity index (χ1v) is 8.21. The van der Waals surface area contributed by atoms with Gasteiger partial charge in [0.1, 0.15) is 17.1 Å². The van der Waals surface area contributed by atoms with Gasteiger partial charge in [-0.25, -0.2) is 4.79 Å². The van der Waals surface area contributed by atoms with Crippen molar-refractivity contribution in [3.05, 3.63) is 47.2 Å².